The molecule has 5 nitrogen and oxygen atoms in total. The molecule has 0 N–H and O–H groups in total. The number of imide groups is 1. The third-order valence-corrected chi connectivity index (χ3v) is 13.6. The summed E-state index contributed by atoms with van der Waals surface area (Å²) in [5.41, 5.74) is 0. The van der Waals surface area contributed by atoms with Crippen molar-refractivity contribution in [2.24, 2.45) is 11.8 Å². The number of hydrogen-bond donors (Lipinski definition) is 0. The van der Waals surface area contributed by atoms with E-state index in [0.717, 1.165) is 12.8 Å². The number of carboxylic acids is 1. The van der Waals surface area contributed by atoms with Gasteiger partial charge in [0.05, 0.1) is 0 Å². The number of nitrogens with zero attached hydrogens (tertiary/aromatic N) is 1. The minimum Gasteiger partial charge on any atom is -0.550 e. The van der Waals surface area contributed by atoms with Gasteiger partial charge in [0.1, 0.15) is 0 Å². The third-order valence-electron chi connectivity index (χ3n) is 5.02. The number of carboxylic acid groups (broad SMARTS) is 1. The van der Waals surface area contributed by atoms with E-state index in [1.165, 1.54) is 17.1 Å². The fourth-order valence-corrected chi connectivity index (χ4v) is 7.48. The molecule has 2 aliphatic rings. The first-order valence-corrected chi connectivity index (χ1v) is 15.1. The average molecular weight is 442 g/mol. The van der Waals surface area contributed by atoms with Gasteiger partial charge in [0, 0.05) is 24.7 Å². The van der Waals surface area contributed by atoms with Gasteiger partial charge >= 0.3 is 53.8 Å². The normalized spacial score (nSPS) is 23.0. The molecular weight excluding hydrogens is 413 g/mol. The van der Waals surface area contributed by atoms with Crippen molar-refractivity contribution in [3.05, 3.63) is 12.2 Å². The van der Waals surface area contributed by atoms with Crippen LogP contribution in [0.3, 0.4) is 0 Å². The molecule has 6 heteroatoms. The van der Waals surface area contributed by atoms with Crippen LogP contribution in [0.5, 0.6) is 0 Å². The first kappa shape index (κ1) is 21.2. The molecule has 0 aromatic carbocycles. The van der Waals surface area contributed by atoms with Crippen LogP contribution in [0.2, 0.25) is 13.3 Å². The van der Waals surface area contributed by atoms with Gasteiger partial charge in [0.15, 0.2) is 0 Å². The van der Waals surface area contributed by atoms with Crippen molar-refractivity contribution in [3.8, 4) is 0 Å². The van der Waals surface area contributed by atoms with E-state index >= 15 is 0 Å². The van der Waals surface area contributed by atoms with Crippen LogP contribution < -0.4 is 5.11 Å². The summed E-state index contributed by atoms with van der Waals surface area (Å²) in [4.78, 5) is 34.6. The smallest absolute Gasteiger partial charge is 0.253 e. The Morgan fingerprint density at radius 3 is 1.83 bits per heavy atom. The van der Waals surface area contributed by atoms with E-state index in [1.807, 2.05) is 0 Å². The SMILES string of the molecule is C[CH2][Sn+]([CH2]C)[CH2]C.O=C([O-])C1CCC(CN2C(=O)C=CC2=O)CC1. The standard InChI is InChI=1S/C12H15NO4.3C2H5.Sn/c14-10-5-6-11(15)13(10)7-8-1-3-9(4-2-8)12(16)17;3*1-2;/h5-6,8-9H,1-4,7H2,(H,16,17);3*1H2,2H3;/q;;;;+1/p-1. The van der Waals surface area contributed by atoms with Gasteiger partial charge < -0.3 is 9.90 Å². The first-order valence-electron chi connectivity index (χ1n) is 9.00. The Morgan fingerprint density at radius 1 is 1.04 bits per heavy atom. The molecule has 134 valence electrons. The second-order valence-corrected chi connectivity index (χ2v) is 16.8. The van der Waals surface area contributed by atoms with Crippen LogP contribution in [0, 0.1) is 11.8 Å². The third kappa shape index (κ3) is 6.57. The molecule has 0 aromatic heterocycles. The fourth-order valence-electron chi connectivity index (χ4n) is 3.20. The average Bonchev–Trinajstić information content (AvgIpc) is 2.89. The maximum Gasteiger partial charge on any atom is 0.253 e. The van der Waals surface area contributed by atoms with Gasteiger partial charge in [-0.25, -0.2) is 0 Å². The summed E-state index contributed by atoms with van der Waals surface area (Å²) >= 11 is -0.653. The van der Waals surface area contributed by atoms with Crippen LogP contribution in [-0.2, 0) is 14.4 Å². The summed E-state index contributed by atoms with van der Waals surface area (Å²) in [6, 6.07) is 0. The number of aliphatic carboxylic acids is 1. The maximum atomic E-state index is 11.3. The van der Waals surface area contributed by atoms with Gasteiger partial charge in [-0.15, -0.1) is 0 Å². The molecule has 2 rings (SSSR count). The molecule has 1 heterocycles. The van der Waals surface area contributed by atoms with Crippen LogP contribution in [0.1, 0.15) is 46.5 Å². The summed E-state index contributed by atoms with van der Waals surface area (Å²) in [6.07, 6.45) is 5.17. The van der Waals surface area contributed by atoms with Crippen LogP contribution >= 0.6 is 0 Å². The van der Waals surface area contributed by atoms with Crippen molar-refractivity contribution in [1.82, 2.24) is 4.90 Å². The number of amides is 2. The maximum absolute atomic E-state index is 11.3. The van der Waals surface area contributed by atoms with Gasteiger partial charge in [-0.05, 0) is 37.5 Å². The van der Waals surface area contributed by atoms with E-state index in [4.69, 9.17) is 0 Å². The molecule has 0 aromatic rings. The van der Waals surface area contributed by atoms with E-state index < -0.39 is 25.7 Å². The van der Waals surface area contributed by atoms with E-state index in [2.05, 4.69) is 20.8 Å². The Morgan fingerprint density at radius 2 is 1.50 bits per heavy atom. The molecule has 0 spiro atoms. The molecule has 0 atom stereocenters. The van der Waals surface area contributed by atoms with Crippen molar-refractivity contribution >= 4 is 37.5 Å². The Bertz CT molecular complexity index is 442. The van der Waals surface area contributed by atoms with Crippen LogP contribution in [-0.4, -0.2) is 49.0 Å². The zero-order valence-electron chi connectivity index (χ0n) is 15.0. The van der Waals surface area contributed by atoms with Crippen molar-refractivity contribution in [2.75, 3.05) is 6.54 Å². The molecule has 1 fully saturated rings. The minimum absolute atomic E-state index is 0.221. The summed E-state index contributed by atoms with van der Waals surface area (Å²) in [5.74, 6) is -1.67. The largest absolute Gasteiger partial charge is 0.550 e. The van der Waals surface area contributed by atoms with E-state index in [9.17, 15) is 19.5 Å². The zero-order valence-corrected chi connectivity index (χ0v) is 17.9. The first-order chi connectivity index (χ1) is 11.4. The zero-order chi connectivity index (χ0) is 18.1. The quantitative estimate of drug-likeness (QED) is 0.466. The predicted molar refractivity (Wildman–Crippen MR) is 93.5 cm³/mol. The van der Waals surface area contributed by atoms with Crippen LogP contribution in [0.25, 0.3) is 0 Å². The van der Waals surface area contributed by atoms with Crippen molar-refractivity contribution in [3.63, 3.8) is 0 Å². The molecule has 24 heavy (non-hydrogen) atoms. The Kier molecular flexibility index (Phi) is 9.62. The van der Waals surface area contributed by atoms with E-state index in [0.29, 0.717) is 19.4 Å². The molecule has 0 bridgehead atoms. The molecule has 1 saturated carbocycles. The van der Waals surface area contributed by atoms with Crippen molar-refractivity contribution in [1.29, 1.82) is 0 Å². The van der Waals surface area contributed by atoms with Crippen molar-refractivity contribution in [2.45, 2.75) is 59.8 Å². The molecule has 0 unspecified atom stereocenters. The monoisotopic (exact) mass is 443 g/mol. The Labute approximate surface area is 152 Å². The minimum atomic E-state index is -0.988. The van der Waals surface area contributed by atoms with Gasteiger partial charge in [-0.2, -0.15) is 0 Å². The van der Waals surface area contributed by atoms with Gasteiger partial charge in [0.25, 0.3) is 11.8 Å². The Hall–Kier alpha value is -0.851. The molecule has 0 radical (unpaired) electrons. The van der Waals surface area contributed by atoms with E-state index in [1.54, 1.807) is 13.3 Å². The van der Waals surface area contributed by atoms with Gasteiger partial charge in [-0.1, -0.05) is 0 Å². The van der Waals surface area contributed by atoms with Crippen LogP contribution in [0.4, 0.5) is 0 Å². The topological polar surface area (TPSA) is 77.5 Å². The van der Waals surface area contributed by atoms with Crippen LogP contribution in [0.15, 0.2) is 12.2 Å². The second kappa shape index (κ2) is 10.9. The van der Waals surface area contributed by atoms with Crippen molar-refractivity contribution < 1.29 is 19.5 Å². The fraction of sp³-hybridized carbons (Fsp3) is 0.722. The number of hydrogen-bond acceptors (Lipinski definition) is 4. The predicted octanol–water partition coefficient (Wildman–Crippen LogP) is 2.01. The number of rotatable bonds is 6. The molecule has 1 aliphatic carbocycles. The van der Waals surface area contributed by atoms with E-state index in [-0.39, 0.29) is 23.7 Å². The summed E-state index contributed by atoms with van der Waals surface area (Å²) in [5, 5.41) is 10.7. The van der Waals surface area contributed by atoms with Gasteiger partial charge in [0.2, 0.25) is 0 Å². The summed E-state index contributed by atoms with van der Waals surface area (Å²) in [6.45, 7) is 7.45. The summed E-state index contributed by atoms with van der Waals surface area (Å²) in [7, 11) is 0. The summed E-state index contributed by atoms with van der Waals surface area (Å²) < 4.78 is 4.65. The van der Waals surface area contributed by atoms with Gasteiger partial charge in [-0.3, -0.25) is 14.5 Å². The molecule has 1 aliphatic heterocycles. The molecule has 2 amide bonds. The number of carbonyl (C=O) groups is 3. The second-order valence-electron chi connectivity index (χ2n) is 6.47. The molecular formula is C18H29NO4Sn. The Balaban J connectivity index is 0.000000351. The number of carbonyl (C=O) groups excluding carboxylic acids is 3. The molecule has 0 saturated heterocycles.